The highest BCUT2D eigenvalue weighted by molar-refractivity contribution is 5.82. The molecule has 0 bridgehead atoms. The molecule has 4 N–H and O–H groups in total. The summed E-state index contributed by atoms with van der Waals surface area (Å²) in [5.41, 5.74) is 0. The summed E-state index contributed by atoms with van der Waals surface area (Å²) in [4.78, 5) is 33.0. The zero-order valence-corrected chi connectivity index (χ0v) is 10.9. The highest BCUT2D eigenvalue weighted by atomic mass is 16.4. The first-order chi connectivity index (χ1) is 8.36. The Kier molecular flexibility index (Phi) is 7.50. The zero-order chi connectivity index (χ0) is 14.1. The molecule has 3 amide bonds. The van der Waals surface area contributed by atoms with Gasteiger partial charge in [-0.25, -0.2) is 4.79 Å². The van der Waals surface area contributed by atoms with Crippen LogP contribution in [0.4, 0.5) is 4.79 Å². The van der Waals surface area contributed by atoms with Crippen LogP contribution in [-0.2, 0) is 9.59 Å². The van der Waals surface area contributed by atoms with E-state index in [0.717, 1.165) is 6.42 Å². The standard InChI is InChI=1S/C11H21N3O4/c1-4-7(2)13-9(15)5-6-12-11(18)14-8(3)10(16)17/h7-8H,4-6H2,1-3H3,(H,13,15)(H,16,17)(H2,12,14,18)/t7?,8-/m1/s1. The number of hydrogen-bond acceptors (Lipinski definition) is 3. The first-order valence-corrected chi connectivity index (χ1v) is 5.93. The number of carbonyl (C=O) groups is 3. The second-order valence-corrected chi connectivity index (χ2v) is 4.09. The van der Waals surface area contributed by atoms with Gasteiger partial charge in [0.05, 0.1) is 0 Å². The Morgan fingerprint density at radius 2 is 1.78 bits per heavy atom. The van der Waals surface area contributed by atoms with Crippen molar-refractivity contribution in [2.45, 2.75) is 45.7 Å². The van der Waals surface area contributed by atoms with Gasteiger partial charge in [-0.2, -0.15) is 0 Å². The molecule has 0 saturated carbocycles. The second-order valence-electron chi connectivity index (χ2n) is 4.09. The normalized spacial score (nSPS) is 13.3. The number of urea groups is 1. The third-order valence-corrected chi connectivity index (χ3v) is 2.38. The summed E-state index contributed by atoms with van der Waals surface area (Å²) in [6, 6.07) is -1.45. The average Bonchev–Trinajstić information content (AvgIpc) is 2.28. The lowest BCUT2D eigenvalue weighted by Gasteiger charge is -2.12. The summed E-state index contributed by atoms with van der Waals surface area (Å²) < 4.78 is 0. The third kappa shape index (κ3) is 7.48. The largest absolute Gasteiger partial charge is 0.480 e. The minimum Gasteiger partial charge on any atom is -0.480 e. The number of carboxylic acid groups (broad SMARTS) is 1. The van der Waals surface area contributed by atoms with E-state index in [9.17, 15) is 14.4 Å². The fourth-order valence-corrected chi connectivity index (χ4v) is 1.05. The number of carboxylic acids is 1. The van der Waals surface area contributed by atoms with Crippen LogP contribution in [0.25, 0.3) is 0 Å². The highest BCUT2D eigenvalue weighted by Crippen LogP contribution is 1.89. The molecule has 0 aromatic rings. The van der Waals surface area contributed by atoms with E-state index in [-0.39, 0.29) is 24.9 Å². The smallest absolute Gasteiger partial charge is 0.325 e. The van der Waals surface area contributed by atoms with Crippen molar-refractivity contribution in [2.75, 3.05) is 6.54 Å². The van der Waals surface area contributed by atoms with Crippen molar-refractivity contribution in [1.29, 1.82) is 0 Å². The van der Waals surface area contributed by atoms with Crippen molar-refractivity contribution in [3.63, 3.8) is 0 Å². The molecule has 0 aromatic heterocycles. The number of carbonyl (C=O) groups excluding carboxylic acids is 2. The lowest BCUT2D eigenvalue weighted by molar-refractivity contribution is -0.138. The van der Waals surface area contributed by atoms with Crippen molar-refractivity contribution in [1.82, 2.24) is 16.0 Å². The minimum absolute atomic E-state index is 0.110. The summed E-state index contributed by atoms with van der Waals surface area (Å²) >= 11 is 0. The van der Waals surface area contributed by atoms with Gasteiger partial charge < -0.3 is 21.1 Å². The molecule has 0 spiro atoms. The Hall–Kier alpha value is -1.79. The maximum absolute atomic E-state index is 11.3. The van der Waals surface area contributed by atoms with Crippen molar-refractivity contribution >= 4 is 17.9 Å². The van der Waals surface area contributed by atoms with Gasteiger partial charge in [0.15, 0.2) is 0 Å². The Morgan fingerprint density at radius 1 is 1.17 bits per heavy atom. The Bertz CT molecular complexity index is 307. The van der Waals surface area contributed by atoms with Crippen LogP contribution >= 0.6 is 0 Å². The fraction of sp³-hybridized carbons (Fsp3) is 0.727. The SMILES string of the molecule is CCC(C)NC(=O)CCNC(=O)N[C@H](C)C(=O)O. The molecule has 7 nitrogen and oxygen atoms in total. The maximum Gasteiger partial charge on any atom is 0.325 e. The van der Waals surface area contributed by atoms with Gasteiger partial charge in [-0.1, -0.05) is 6.92 Å². The van der Waals surface area contributed by atoms with Gasteiger partial charge in [-0.05, 0) is 20.3 Å². The van der Waals surface area contributed by atoms with E-state index in [2.05, 4.69) is 16.0 Å². The molecule has 18 heavy (non-hydrogen) atoms. The van der Waals surface area contributed by atoms with Crippen LogP contribution in [0.2, 0.25) is 0 Å². The average molecular weight is 259 g/mol. The van der Waals surface area contributed by atoms with E-state index in [4.69, 9.17) is 5.11 Å². The van der Waals surface area contributed by atoms with Crippen LogP contribution in [0.3, 0.4) is 0 Å². The molecular weight excluding hydrogens is 238 g/mol. The maximum atomic E-state index is 11.3. The van der Waals surface area contributed by atoms with Gasteiger partial charge in [0.1, 0.15) is 6.04 Å². The summed E-state index contributed by atoms with van der Waals surface area (Å²) in [5.74, 6) is -1.25. The Labute approximate surface area is 106 Å². The molecule has 0 aliphatic rings. The first kappa shape index (κ1) is 16.2. The number of nitrogens with one attached hydrogen (secondary N) is 3. The minimum atomic E-state index is -1.11. The van der Waals surface area contributed by atoms with Crippen molar-refractivity contribution in [2.24, 2.45) is 0 Å². The molecule has 7 heteroatoms. The number of rotatable bonds is 7. The van der Waals surface area contributed by atoms with E-state index in [1.807, 2.05) is 13.8 Å². The Morgan fingerprint density at radius 3 is 2.28 bits per heavy atom. The molecule has 0 aliphatic carbocycles. The summed E-state index contributed by atoms with van der Waals surface area (Å²) in [7, 11) is 0. The van der Waals surface area contributed by atoms with Gasteiger partial charge in [-0.3, -0.25) is 9.59 Å². The van der Waals surface area contributed by atoms with Gasteiger partial charge in [-0.15, -0.1) is 0 Å². The summed E-state index contributed by atoms with van der Waals surface area (Å²) in [5, 5.41) is 16.0. The van der Waals surface area contributed by atoms with Crippen molar-refractivity contribution < 1.29 is 19.5 Å². The number of amides is 3. The lowest BCUT2D eigenvalue weighted by atomic mass is 10.2. The van der Waals surface area contributed by atoms with E-state index >= 15 is 0 Å². The van der Waals surface area contributed by atoms with Gasteiger partial charge in [0, 0.05) is 19.0 Å². The summed E-state index contributed by atoms with van der Waals surface area (Å²) in [6.45, 7) is 5.38. The molecule has 104 valence electrons. The predicted molar refractivity (Wildman–Crippen MR) is 66.1 cm³/mol. The number of hydrogen-bond donors (Lipinski definition) is 4. The van der Waals surface area contributed by atoms with E-state index in [1.54, 1.807) is 0 Å². The molecule has 0 aliphatic heterocycles. The van der Waals surface area contributed by atoms with Crippen molar-refractivity contribution in [3.8, 4) is 0 Å². The zero-order valence-electron chi connectivity index (χ0n) is 10.9. The lowest BCUT2D eigenvalue weighted by Crippen LogP contribution is -2.45. The summed E-state index contributed by atoms with van der Waals surface area (Å²) in [6.07, 6.45) is 1.01. The quantitative estimate of drug-likeness (QED) is 0.518. The van der Waals surface area contributed by atoms with E-state index < -0.39 is 18.0 Å². The van der Waals surface area contributed by atoms with Crippen LogP contribution in [0.1, 0.15) is 33.6 Å². The Balaban J connectivity index is 3.74. The molecule has 1 unspecified atom stereocenters. The molecular formula is C11H21N3O4. The van der Waals surface area contributed by atoms with Gasteiger partial charge in [0.25, 0.3) is 0 Å². The van der Waals surface area contributed by atoms with Crippen LogP contribution < -0.4 is 16.0 Å². The van der Waals surface area contributed by atoms with E-state index in [0.29, 0.717) is 0 Å². The van der Waals surface area contributed by atoms with Gasteiger partial charge in [0.2, 0.25) is 5.91 Å². The van der Waals surface area contributed by atoms with Crippen LogP contribution in [0, 0.1) is 0 Å². The second kappa shape index (κ2) is 8.32. The fourth-order valence-electron chi connectivity index (χ4n) is 1.05. The molecule has 0 radical (unpaired) electrons. The van der Waals surface area contributed by atoms with Gasteiger partial charge >= 0.3 is 12.0 Å². The molecule has 0 fully saturated rings. The van der Waals surface area contributed by atoms with Crippen LogP contribution in [0.15, 0.2) is 0 Å². The number of aliphatic carboxylic acids is 1. The first-order valence-electron chi connectivity index (χ1n) is 5.93. The van der Waals surface area contributed by atoms with Crippen LogP contribution in [-0.4, -0.2) is 41.6 Å². The molecule has 0 aromatic carbocycles. The molecule has 0 saturated heterocycles. The highest BCUT2D eigenvalue weighted by Gasteiger charge is 2.13. The monoisotopic (exact) mass is 259 g/mol. The third-order valence-electron chi connectivity index (χ3n) is 2.38. The van der Waals surface area contributed by atoms with Crippen LogP contribution in [0.5, 0.6) is 0 Å². The molecule has 0 rings (SSSR count). The predicted octanol–water partition coefficient (Wildman–Crippen LogP) is 0.0635. The topological polar surface area (TPSA) is 108 Å². The molecule has 2 atom stereocenters. The van der Waals surface area contributed by atoms with Crippen molar-refractivity contribution in [3.05, 3.63) is 0 Å². The molecule has 0 heterocycles. The van der Waals surface area contributed by atoms with E-state index in [1.165, 1.54) is 6.92 Å².